The highest BCUT2D eigenvalue weighted by Gasteiger charge is 2.26. The van der Waals surface area contributed by atoms with Gasteiger partial charge in [0.05, 0.1) is 26.5 Å². The summed E-state index contributed by atoms with van der Waals surface area (Å²) in [6.07, 6.45) is 6.30. The molecule has 0 radical (unpaired) electrons. The van der Waals surface area contributed by atoms with E-state index in [0.29, 0.717) is 17.7 Å². The summed E-state index contributed by atoms with van der Waals surface area (Å²) in [7, 11) is 5.16. The minimum Gasteiger partial charge on any atom is -0.480 e. The molecule has 1 N–H and O–H groups in total. The molecule has 1 aromatic rings. The second-order valence-electron chi connectivity index (χ2n) is 4.91. The maximum Gasteiger partial charge on any atom is 0.240 e. The van der Waals surface area contributed by atoms with Crippen molar-refractivity contribution in [3.63, 3.8) is 0 Å². The minimum atomic E-state index is 0.156. The van der Waals surface area contributed by atoms with Crippen molar-refractivity contribution in [1.82, 2.24) is 15.3 Å². The molecule has 0 aliphatic heterocycles. The highest BCUT2D eigenvalue weighted by Crippen LogP contribution is 2.33. The summed E-state index contributed by atoms with van der Waals surface area (Å²) in [5.74, 6) is 1.55. The van der Waals surface area contributed by atoms with Crippen LogP contribution in [0.2, 0.25) is 0 Å². The summed E-state index contributed by atoms with van der Waals surface area (Å²) in [6.45, 7) is 4.43. The van der Waals surface area contributed by atoms with E-state index in [1.807, 2.05) is 7.05 Å². The van der Waals surface area contributed by atoms with Crippen LogP contribution >= 0.6 is 0 Å². The van der Waals surface area contributed by atoms with Gasteiger partial charge in [0, 0.05) is 0 Å². The molecule has 114 valence electrons. The van der Waals surface area contributed by atoms with Gasteiger partial charge in [-0.3, -0.25) is 0 Å². The molecule has 0 aliphatic carbocycles. The Balaban J connectivity index is 3.08. The molecule has 1 heterocycles. The third kappa shape index (κ3) is 4.07. The topological polar surface area (TPSA) is 56.3 Å². The molecule has 1 aromatic heterocycles. The van der Waals surface area contributed by atoms with Crippen LogP contribution in [0.4, 0.5) is 0 Å². The number of aromatic nitrogens is 2. The van der Waals surface area contributed by atoms with Gasteiger partial charge in [0.1, 0.15) is 5.69 Å². The van der Waals surface area contributed by atoms with E-state index >= 15 is 0 Å². The lowest BCUT2D eigenvalue weighted by Crippen LogP contribution is -2.27. The van der Waals surface area contributed by atoms with Gasteiger partial charge >= 0.3 is 0 Å². The smallest absolute Gasteiger partial charge is 0.240 e. The number of hydrogen-bond acceptors (Lipinski definition) is 5. The monoisotopic (exact) mass is 281 g/mol. The lowest BCUT2D eigenvalue weighted by atomic mass is 9.88. The normalized spacial score (nSPS) is 12.5. The van der Waals surface area contributed by atoms with Crippen molar-refractivity contribution in [3.05, 3.63) is 11.9 Å². The fraction of sp³-hybridized carbons (Fsp3) is 0.733. The maximum atomic E-state index is 5.38. The Kier molecular flexibility index (Phi) is 7.30. The summed E-state index contributed by atoms with van der Waals surface area (Å²) >= 11 is 0. The van der Waals surface area contributed by atoms with Gasteiger partial charge in [-0.2, -0.15) is 4.98 Å². The first kappa shape index (κ1) is 16.7. The number of rotatable bonds is 9. The van der Waals surface area contributed by atoms with Crippen molar-refractivity contribution in [2.24, 2.45) is 5.92 Å². The standard InChI is InChI=1S/C15H27N3O2/c1-6-8-11(9-7-2)13(16-3)14-15(20-5)18-12(19-4)10-17-14/h10-11,13,16H,6-9H2,1-5H3. The Morgan fingerprint density at radius 1 is 1.15 bits per heavy atom. The summed E-state index contributed by atoms with van der Waals surface area (Å²) in [5.41, 5.74) is 0.864. The molecule has 1 atom stereocenters. The molecule has 20 heavy (non-hydrogen) atoms. The van der Waals surface area contributed by atoms with Gasteiger partial charge in [-0.1, -0.05) is 26.7 Å². The van der Waals surface area contributed by atoms with Gasteiger partial charge in [-0.25, -0.2) is 4.98 Å². The minimum absolute atomic E-state index is 0.156. The Morgan fingerprint density at radius 3 is 2.25 bits per heavy atom. The van der Waals surface area contributed by atoms with Crippen LogP contribution in [0.3, 0.4) is 0 Å². The average molecular weight is 281 g/mol. The molecule has 1 rings (SSSR count). The van der Waals surface area contributed by atoms with Crippen LogP contribution in [0.15, 0.2) is 6.20 Å². The van der Waals surface area contributed by atoms with Crippen molar-refractivity contribution < 1.29 is 9.47 Å². The average Bonchev–Trinajstić information content (AvgIpc) is 2.48. The van der Waals surface area contributed by atoms with Crippen LogP contribution in [0.25, 0.3) is 0 Å². The number of ether oxygens (including phenoxy) is 2. The Labute approximate surface area is 122 Å². The van der Waals surface area contributed by atoms with Crippen LogP contribution in [0.5, 0.6) is 11.8 Å². The van der Waals surface area contributed by atoms with E-state index in [2.05, 4.69) is 29.1 Å². The summed E-state index contributed by atoms with van der Waals surface area (Å²) < 4.78 is 10.5. The molecule has 5 heteroatoms. The Hall–Kier alpha value is -1.36. The Morgan fingerprint density at radius 2 is 1.80 bits per heavy atom. The summed E-state index contributed by atoms with van der Waals surface area (Å²) in [5, 5.41) is 3.38. The predicted octanol–water partition coefficient (Wildman–Crippen LogP) is 2.97. The zero-order chi connectivity index (χ0) is 15.0. The molecule has 5 nitrogen and oxygen atoms in total. The lowest BCUT2D eigenvalue weighted by Gasteiger charge is -2.26. The molecule has 0 saturated carbocycles. The number of nitrogens with zero attached hydrogens (tertiary/aromatic N) is 2. The molecule has 0 aliphatic rings. The largest absolute Gasteiger partial charge is 0.480 e. The van der Waals surface area contributed by atoms with Crippen molar-refractivity contribution in [2.45, 2.75) is 45.6 Å². The van der Waals surface area contributed by atoms with Crippen LogP contribution < -0.4 is 14.8 Å². The molecule has 1 unspecified atom stereocenters. The van der Waals surface area contributed by atoms with Crippen molar-refractivity contribution in [2.75, 3.05) is 21.3 Å². The first-order valence-corrected chi connectivity index (χ1v) is 7.33. The van der Waals surface area contributed by atoms with Crippen LogP contribution in [0, 0.1) is 5.92 Å². The zero-order valence-electron chi connectivity index (χ0n) is 13.3. The predicted molar refractivity (Wildman–Crippen MR) is 80.2 cm³/mol. The molecule has 0 bridgehead atoms. The molecule has 0 spiro atoms. The molecule has 0 saturated heterocycles. The van der Waals surface area contributed by atoms with Gasteiger partial charge in [0.2, 0.25) is 11.8 Å². The fourth-order valence-corrected chi connectivity index (χ4v) is 2.64. The van der Waals surface area contributed by atoms with E-state index < -0.39 is 0 Å². The zero-order valence-corrected chi connectivity index (χ0v) is 13.3. The van der Waals surface area contributed by atoms with E-state index in [1.54, 1.807) is 20.4 Å². The van der Waals surface area contributed by atoms with E-state index in [0.717, 1.165) is 31.4 Å². The summed E-state index contributed by atoms with van der Waals surface area (Å²) in [4.78, 5) is 8.84. The third-order valence-electron chi connectivity index (χ3n) is 3.54. The van der Waals surface area contributed by atoms with Crippen molar-refractivity contribution in [3.8, 4) is 11.8 Å². The third-order valence-corrected chi connectivity index (χ3v) is 3.54. The molecule has 0 amide bonds. The number of nitrogens with one attached hydrogen (secondary N) is 1. The molecule has 0 fully saturated rings. The van der Waals surface area contributed by atoms with Gasteiger partial charge in [-0.05, 0) is 25.8 Å². The lowest BCUT2D eigenvalue weighted by molar-refractivity contribution is 0.301. The van der Waals surface area contributed by atoms with Crippen molar-refractivity contribution >= 4 is 0 Å². The maximum absolute atomic E-state index is 5.38. The van der Waals surface area contributed by atoms with Crippen LogP contribution in [-0.2, 0) is 0 Å². The van der Waals surface area contributed by atoms with Crippen LogP contribution in [-0.4, -0.2) is 31.2 Å². The van der Waals surface area contributed by atoms with E-state index in [9.17, 15) is 0 Å². The number of methoxy groups -OCH3 is 2. The highest BCUT2D eigenvalue weighted by molar-refractivity contribution is 5.26. The van der Waals surface area contributed by atoms with E-state index in [4.69, 9.17) is 9.47 Å². The Bertz CT molecular complexity index is 393. The van der Waals surface area contributed by atoms with Crippen LogP contribution in [0.1, 0.15) is 51.3 Å². The van der Waals surface area contributed by atoms with Gasteiger partial charge in [-0.15, -0.1) is 0 Å². The first-order chi connectivity index (χ1) is 9.71. The van der Waals surface area contributed by atoms with E-state index in [-0.39, 0.29) is 6.04 Å². The van der Waals surface area contributed by atoms with Gasteiger partial charge < -0.3 is 14.8 Å². The van der Waals surface area contributed by atoms with Gasteiger partial charge in [0.25, 0.3) is 0 Å². The fourth-order valence-electron chi connectivity index (χ4n) is 2.64. The second-order valence-corrected chi connectivity index (χ2v) is 4.91. The number of hydrogen-bond donors (Lipinski definition) is 1. The van der Waals surface area contributed by atoms with E-state index in [1.165, 1.54) is 0 Å². The molecular formula is C15H27N3O2. The van der Waals surface area contributed by atoms with Gasteiger partial charge in [0.15, 0.2) is 0 Å². The molecule has 0 aromatic carbocycles. The highest BCUT2D eigenvalue weighted by atomic mass is 16.5. The quantitative estimate of drug-likeness (QED) is 0.754. The first-order valence-electron chi connectivity index (χ1n) is 7.33. The molecular weight excluding hydrogens is 254 g/mol. The van der Waals surface area contributed by atoms with Crippen molar-refractivity contribution in [1.29, 1.82) is 0 Å². The second kappa shape index (κ2) is 8.74. The SMILES string of the molecule is CCCC(CCC)C(NC)c1ncc(OC)nc1OC. The summed E-state index contributed by atoms with van der Waals surface area (Å²) in [6, 6.07) is 0.156.